The number of hydrogen-bond acceptors (Lipinski definition) is 5. The molecule has 0 aliphatic heterocycles. The number of fused-ring (bicyclic) bond motifs is 1. The van der Waals surface area contributed by atoms with Gasteiger partial charge in [0.2, 0.25) is 5.95 Å². The number of nitrogens with one attached hydrogen (secondary N) is 1. The Labute approximate surface area is 176 Å². The highest BCUT2D eigenvalue weighted by Crippen LogP contribution is 2.27. The van der Waals surface area contributed by atoms with E-state index in [1.54, 1.807) is 0 Å². The van der Waals surface area contributed by atoms with Crippen LogP contribution in [-0.4, -0.2) is 31.4 Å². The second-order valence-electron chi connectivity index (χ2n) is 8.14. The lowest BCUT2D eigenvalue weighted by atomic mass is 9.92. The van der Waals surface area contributed by atoms with Crippen molar-refractivity contribution in [3.8, 4) is 22.5 Å². The molecule has 4 aromatic rings. The van der Waals surface area contributed by atoms with Crippen LogP contribution in [0.4, 0.5) is 5.95 Å². The predicted octanol–water partition coefficient (Wildman–Crippen LogP) is 4.45. The number of aromatic nitrogens is 4. The van der Waals surface area contributed by atoms with E-state index in [0.717, 1.165) is 53.8 Å². The van der Waals surface area contributed by atoms with E-state index >= 15 is 0 Å². The van der Waals surface area contributed by atoms with Crippen molar-refractivity contribution in [1.82, 2.24) is 19.4 Å². The molecule has 1 aliphatic carbocycles. The van der Waals surface area contributed by atoms with Crippen molar-refractivity contribution in [2.75, 3.05) is 5.32 Å². The SMILES string of the molecule is Cc1cnc(N[C@H]2CC[C@@H](N)CC2)nc1-c1cnc2ccc(-c3ccccc3)cn12. The molecule has 1 aliphatic rings. The van der Waals surface area contributed by atoms with Crippen LogP contribution < -0.4 is 11.1 Å². The molecule has 5 rings (SSSR count). The minimum atomic E-state index is 0.328. The number of benzene rings is 1. The summed E-state index contributed by atoms with van der Waals surface area (Å²) in [4.78, 5) is 14.0. The molecule has 0 spiro atoms. The molecule has 3 aromatic heterocycles. The number of nitrogens with two attached hydrogens (primary N) is 1. The van der Waals surface area contributed by atoms with Gasteiger partial charge < -0.3 is 11.1 Å². The molecular formula is C24H26N6. The topological polar surface area (TPSA) is 81.1 Å². The third-order valence-electron chi connectivity index (χ3n) is 5.93. The largest absolute Gasteiger partial charge is 0.351 e. The average molecular weight is 399 g/mol. The van der Waals surface area contributed by atoms with Crippen LogP contribution in [0.1, 0.15) is 31.2 Å². The van der Waals surface area contributed by atoms with E-state index in [4.69, 9.17) is 10.7 Å². The zero-order valence-electron chi connectivity index (χ0n) is 17.1. The molecule has 0 bridgehead atoms. The molecule has 3 N–H and O–H groups in total. The maximum absolute atomic E-state index is 6.04. The second-order valence-corrected chi connectivity index (χ2v) is 8.14. The summed E-state index contributed by atoms with van der Waals surface area (Å²) in [5, 5.41) is 3.51. The molecule has 1 fully saturated rings. The van der Waals surface area contributed by atoms with Gasteiger partial charge in [0, 0.05) is 24.5 Å². The maximum atomic E-state index is 6.04. The van der Waals surface area contributed by atoms with Crippen molar-refractivity contribution in [1.29, 1.82) is 0 Å². The molecule has 0 saturated heterocycles. The minimum absolute atomic E-state index is 0.328. The van der Waals surface area contributed by atoms with Gasteiger partial charge in [0.15, 0.2) is 0 Å². The van der Waals surface area contributed by atoms with Gasteiger partial charge in [-0.05, 0) is 61.4 Å². The first-order valence-electron chi connectivity index (χ1n) is 10.6. The van der Waals surface area contributed by atoms with Crippen molar-refractivity contribution < 1.29 is 0 Å². The van der Waals surface area contributed by atoms with Crippen molar-refractivity contribution in [2.45, 2.75) is 44.7 Å². The Morgan fingerprint density at radius 3 is 2.53 bits per heavy atom. The Balaban J connectivity index is 1.50. The lowest BCUT2D eigenvalue weighted by molar-refractivity contribution is 0.410. The standard InChI is InChI=1S/C24H26N6/c1-16-13-27-24(28-20-10-8-19(25)9-11-20)29-23(16)21-14-26-22-12-7-18(15-30(21)22)17-5-3-2-4-6-17/h2-7,12-15,19-20H,8-11,25H2,1H3,(H,27,28,29)/t19-,20+. The molecule has 6 heteroatoms. The number of nitrogens with zero attached hydrogens (tertiary/aromatic N) is 4. The fourth-order valence-corrected chi connectivity index (χ4v) is 4.17. The van der Waals surface area contributed by atoms with E-state index in [1.165, 1.54) is 5.56 Å². The van der Waals surface area contributed by atoms with E-state index in [0.29, 0.717) is 18.0 Å². The number of imidazole rings is 1. The quantitative estimate of drug-likeness (QED) is 0.531. The van der Waals surface area contributed by atoms with Crippen molar-refractivity contribution in [3.05, 3.63) is 66.6 Å². The van der Waals surface area contributed by atoms with Gasteiger partial charge in [-0.25, -0.2) is 15.0 Å². The summed E-state index contributed by atoms with van der Waals surface area (Å²) in [5.74, 6) is 0.672. The highest BCUT2D eigenvalue weighted by atomic mass is 15.1. The first kappa shape index (κ1) is 18.8. The van der Waals surface area contributed by atoms with E-state index in [1.807, 2.05) is 31.5 Å². The molecule has 6 nitrogen and oxygen atoms in total. The van der Waals surface area contributed by atoms with Crippen molar-refractivity contribution in [3.63, 3.8) is 0 Å². The molecule has 1 aromatic carbocycles. The van der Waals surface area contributed by atoms with Gasteiger partial charge in [0.1, 0.15) is 5.65 Å². The Hall–Kier alpha value is -3.25. The average Bonchev–Trinajstić information content (AvgIpc) is 3.20. The monoisotopic (exact) mass is 398 g/mol. The zero-order chi connectivity index (χ0) is 20.5. The van der Waals surface area contributed by atoms with E-state index in [9.17, 15) is 0 Å². The van der Waals surface area contributed by atoms with Crippen LogP contribution in [-0.2, 0) is 0 Å². The van der Waals surface area contributed by atoms with Gasteiger partial charge in [-0.3, -0.25) is 4.40 Å². The zero-order valence-corrected chi connectivity index (χ0v) is 17.1. The van der Waals surface area contributed by atoms with E-state index in [-0.39, 0.29) is 0 Å². The molecule has 0 radical (unpaired) electrons. The van der Waals surface area contributed by atoms with Crippen molar-refractivity contribution >= 4 is 11.6 Å². The summed E-state index contributed by atoms with van der Waals surface area (Å²) in [6.07, 6.45) is 10.1. The molecule has 152 valence electrons. The summed E-state index contributed by atoms with van der Waals surface area (Å²) in [5.41, 5.74) is 12.2. The number of anilines is 1. The maximum Gasteiger partial charge on any atom is 0.223 e. The lowest BCUT2D eigenvalue weighted by Gasteiger charge is -2.26. The normalized spacial score (nSPS) is 19.1. The highest BCUT2D eigenvalue weighted by molar-refractivity contribution is 5.69. The predicted molar refractivity (Wildman–Crippen MR) is 120 cm³/mol. The van der Waals surface area contributed by atoms with Crippen LogP contribution in [0, 0.1) is 6.92 Å². The third-order valence-corrected chi connectivity index (χ3v) is 5.93. The number of hydrogen-bond donors (Lipinski definition) is 2. The van der Waals surface area contributed by atoms with Crippen LogP contribution in [0.25, 0.3) is 28.2 Å². The number of rotatable bonds is 4. The van der Waals surface area contributed by atoms with Crippen LogP contribution in [0.3, 0.4) is 0 Å². The Morgan fingerprint density at radius 1 is 0.933 bits per heavy atom. The Morgan fingerprint density at radius 2 is 1.73 bits per heavy atom. The van der Waals surface area contributed by atoms with E-state index < -0.39 is 0 Å². The summed E-state index contributed by atoms with van der Waals surface area (Å²) >= 11 is 0. The molecule has 30 heavy (non-hydrogen) atoms. The fourth-order valence-electron chi connectivity index (χ4n) is 4.17. The van der Waals surface area contributed by atoms with Gasteiger partial charge in [-0.2, -0.15) is 0 Å². The fraction of sp³-hybridized carbons (Fsp3) is 0.292. The Kier molecular flexibility index (Phi) is 4.93. The van der Waals surface area contributed by atoms with Gasteiger partial charge in [0.25, 0.3) is 0 Å². The molecule has 3 heterocycles. The highest BCUT2D eigenvalue weighted by Gasteiger charge is 2.20. The molecule has 0 atom stereocenters. The van der Waals surface area contributed by atoms with Crippen molar-refractivity contribution in [2.24, 2.45) is 5.73 Å². The minimum Gasteiger partial charge on any atom is -0.351 e. The number of aryl methyl sites for hydroxylation is 1. The number of pyridine rings is 1. The first-order valence-corrected chi connectivity index (χ1v) is 10.6. The summed E-state index contributed by atoms with van der Waals surface area (Å²) in [6, 6.07) is 15.2. The van der Waals surface area contributed by atoms with Crippen LogP contribution in [0.2, 0.25) is 0 Å². The molecule has 0 amide bonds. The van der Waals surface area contributed by atoms with Crippen LogP contribution in [0.5, 0.6) is 0 Å². The van der Waals surface area contributed by atoms with Gasteiger partial charge in [-0.15, -0.1) is 0 Å². The van der Waals surface area contributed by atoms with Crippen LogP contribution in [0.15, 0.2) is 61.1 Å². The van der Waals surface area contributed by atoms with Gasteiger partial charge in [-0.1, -0.05) is 30.3 Å². The lowest BCUT2D eigenvalue weighted by Crippen LogP contribution is -2.33. The van der Waals surface area contributed by atoms with E-state index in [2.05, 4.69) is 56.2 Å². The summed E-state index contributed by atoms with van der Waals surface area (Å²) in [7, 11) is 0. The van der Waals surface area contributed by atoms with Gasteiger partial charge >= 0.3 is 0 Å². The third kappa shape index (κ3) is 3.66. The van der Waals surface area contributed by atoms with Crippen LogP contribution >= 0.6 is 0 Å². The smallest absolute Gasteiger partial charge is 0.223 e. The molecular weight excluding hydrogens is 372 g/mol. The van der Waals surface area contributed by atoms with Gasteiger partial charge in [0.05, 0.1) is 17.6 Å². The Bertz CT molecular complexity index is 1160. The molecule has 0 unspecified atom stereocenters. The molecule has 1 saturated carbocycles. The summed E-state index contributed by atoms with van der Waals surface area (Å²) < 4.78 is 2.11. The second kappa shape index (κ2) is 7.88. The summed E-state index contributed by atoms with van der Waals surface area (Å²) in [6.45, 7) is 2.04. The first-order chi connectivity index (χ1) is 14.7.